The molecule has 2 rings (SSSR count). The SMILES string of the molecule is O=C(O)NCCCCCNC(=O)CN(CC(=O)NCCO[C@H]1O[C@H](CO)[C@@H](O)[C@H](O)[C@@H]1O)CC(=O)NCCO[C@H]1O[C@H](CO)[C@@H](O)[C@H](O)[C@@H]1O. The molecule has 22 heteroatoms. The van der Waals surface area contributed by atoms with Gasteiger partial charge in [0.1, 0.15) is 48.8 Å². The molecule has 50 heavy (non-hydrogen) atoms. The maximum atomic E-state index is 12.7. The first-order chi connectivity index (χ1) is 23.8. The predicted octanol–water partition coefficient (Wildman–Crippen LogP) is -7.29. The monoisotopic (exact) mass is 729 g/mol. The summed E-state index contributed by atoms with van der Waals surface area (Å²) < 4.78 is 21.1. The lowest BCUT2D eigenvalue weighted by Gasteiger charge is -2.39. The highest BCUT2D eigenvalue weighted by molar-refractivity contribution is 5.84. The number of nitrogens with zero attached hydrogens (tertiary/aromatic N) is 1. The van der Waals surface area contributed by atoms with E-state index < -0.39 is 112 Å². The number of aliphatic hydroxyl groups is 8. The first kappa shape index (κ1) is 43.3. The number of carbonyl (C=O) groups excluding carboxylic acids is 3. The molecule has 2 aliphatic heterocycles. The number of hydrogen-bond acceptors (Lipinski definition) is 17. The number of rotatable bonds is 22. The molecule has 10 atom stereocenters. The van der Waals surface area contributed by atoms with Crippen LogP contribution in [0.2, 0.25) is 0 Å². The largest absolute Gasteiger partial charge is 0.465 e. The molecule has 0 spiro atoms. The van der Waals surface area contributed by atoms with Crippen molar-refractivity contribution in [1.82, 2.24) is 26.2 Å². The van der Waals surface area contributed by atoms with Crippen molar-refractivity contribution in [3.8, 4) is 0 Å². The Labute approximate surface area is 287 Å². The molecule has 2 fully saturated rings. The van der Waals surface area contributed by atoms with Crippen molar-refractivity contribution < 1.29 is 84.1 Å². The zero-order valence-electron chi connectivity index (χ0n) is 27.4. The van der Waals surface area contributed by atoms with E-state index in [0.717, 1.165) is 0 Å². The number of nitrogens with one attached hydrogen (secondary N) is 4. The number of hydrogen-bond donors (Lipinski definition) is 13. The van der Waals surface area contributed by atoms with Gasteiger partial charge in [-0.1, -0.05) is 0 Å². The van der Waals surface area contributed by atoms with Crippen LogP contribution in [-0.4, -0.2) is 208 Å². The highest BCUT2D eigenvalue weighted by Crippen LogP contribution is 2.22. The van der Waals surface area contributed by atoms with Gasteiger partial charge in [-0.2, -0.15) is 0 Å². The molecule has 2 saturated heterocycles. The molecule has 0 aromatic carbocycles. The Morgan fingerprint density at radius 2 is 0.920 bits per heavy atom. The van der Waals surface area contributed by atoms with E-state index in [4.69, 9.17) is 24.1 Å². The zero-order chi connectivity index (χ0) is 37.2. The normalized spacial score (nSPS) is 29.7. The van der Waals surface area contributed by atoms with Gasteiger partial charge in [-0.05, 0) is 19.3 Å². The molecular weight excluding hydrogens is 678 g/mol. The van der Waals surface area contributed by atoms with Crippen molar-refractivity contribution in [3.05, 3.63) is 0 Å². The summed E-state index contributed by atoms with van der Waals surface area (Å²) in [5.74, 6) is -1.72. The number of amides is 4. The van der Waals surface area contributed by atoms with Gasteiger partial charge in [0.15, 0.2) is 12.6 Å². The zero-order valence-corrected chi connectivity index (χ0v) is 27.4. The molecule has 2 heterocycles. The molecule has 0 aliphatic carbocycles. The lowest BCUT2D eigenvalue weighted by Crippen LogP contribution is -2.59. The Morgan fingerprint density at radius 1 is 0.540 bits per heavy atom. The Kier molecular flexibility index (Phi) is 19.8. The summed E-state index contributed by atoms with van der Waals surface area (Å²) >= 11 is 0. The Hall–Kier alpha value is -2.84. The number of carboxylic acid groups (broad SMARTS) is 1. The summed E-state index contributed by atoms with van der Waals surface area (Å²) in [6.45, 7) is -2.61. The van der Waals surface area contributed by atoms with Crippen molar-refractivity contribution >= 4 is 23.8 Å². The van der Waals surface area contributed by atoms with E-state index in [9.17, 15) is 60.0 Å². The third-order valence-corrected chi connectivity index (χ3v) is 7.66. The number of aliphatic hydroxyl groups excluding tert-OH is 8. The van der Waals surface area contributed by atoms with Gasteiger partial charge in [-0.3, -0.25) is 19.3 Å². The third-order valence-electron chi connectivity index (χ3n) is 7.66. The average Bonchev–Trinajstić information content (AvgIpc) is 3.07. The number of unbranched alkanes of at least 4 members (excludes halogenated alkanes) is 2. The van der Waals surface area contributed by atoms with Crippen LogP contribution in [0, 0.1) is 0 Å². The maximum absolute atomic E-state index is 12.7. The van der Waals surface area contributed by atoms with Crippen molar-refractivity contribution in [3.63, 3.8) is 0 Å². The van der Waals surface area contributed by atoms with Crippen LogP contribution in [0.1, 0.15) is 19.3 Å². The summed E-state index contributed by atoms with van der Waals surface area (Å²) in [6.07, 6.45) is -14.2. The molecular formula is C28H51N5O17. The van der Waals surface area contributed by atoms with Crippen LogP contribution in [0.3, 0.4) is 0 Å². The summed E-state index contributed by atoms with van der Waals surface area (Å²) in [4.78, 5) is 49.7. The predicted molar refractivity (Wildman–Crippen MR) is 165 cm³/mol. The molecule has 0 aromatic rings. The Bertz CT molecular complexity index is 984. The van der Waals surface area contributed by atoms with Gasteiger partial charge in [-0.15, -0.1) is 0 Å². The first-order valence-corrected chi connectivity index (χ1v) is 16.1. The number of carbonyl (C=O) groups is 4. The van der Waals surface area contributed by atoms with Crippen LogP contribution >= 0.6 is 0 Å². The fourth-order valence-electron chi connectivity index (χ4n) is 4.94. The van der Waals surface area contributed by atoms with Crippen LogP contribution in [0.5, 0.6) is 0 Å². The second-order valence-corrected chi connectivity index (χ2v) is 11.6. The minimum absolute atomic E-state index is 0.119. The molecule has 0 unspecified atom stereocenters. The lowest BCUT2D eigenvalue weighted by molar-refractivity contribution is -0.300. The average molecular weight is 730 g/mol. The molecule has 4 amide bonds. The Morgan fingerprint density at radius 3 is 1.30 bits per heavy atom. The molecule has 0 saturated carbocycles. The second kappa shape index (κ2) is 22.9. The van der Waals surface area contributed by atoms with Crippen molar-refractivity contribution in [1.29, 1.82) is 0 Å². The topological polar surface area (TPSA) is 339 Å². The highest BCUT2D eigenvalue weighted by Gasteiger charge is 2.45. The fourth-order valence-corrected chi connectivity index (χ4v) is 4.94. The Balaban J connectivity index is 1.83. The molecule has 13 N–H and O–H groups in total. The quantitative estimate of drug-likeness (QED) is 0.0460. The standard InChI is InChI=1S/C28H51N5O17/c34-13-15-20(39)22(41)24(43)26(49-15)47-8-6-30-18(37)11-33(10-17(36)29-4-2-1-3-5-32-28(45)46)12-19(38)31-7-9-48-27-25(44)23(42)21(40)16(14-35)50-27/h15-16,20-27,32,34-35,39-44H,1-14H2,(H,29,36)(H,30,37)(H,31,38)(H,45,46)/t15-,16-,20-,21-,22+,23+,24+,25+,26+,27+/m1/s1. The third kappa shape index (κ3) is 14.8. The van der Waals surface area contributed by atoms with Gasteiger partial charge < -0.3 is 86.2 Å². The van der Waals surface area contributed by atoms with E-state index in [0.29, 0.717) is 19.3 Å². The van der Waals surface area contributed by atoms with Gasteiger partial charge in [0.05, 0.1) is 46.1 Å². The van der Waals surface area contributed by atoms with Crippen LogP contribution in [0.15, 0.2) is 0 Å². The van der Waals surface area contributed by atoms with Crippen LogP contribution in [0.25, 0.3) is 0 Å². The van der Waals surface area contributed by atoms with Gasteiger partial charge >= 0.3 is 6.09 Å². The van der Waals surface area contributed by atoms with Gasteiger partial charge in [0.2, 0.25) is 17.7 Å². The van der Waals surface area contributed by atoms with Crippen molar-refractivity contribution in [2.45, 2.75) is 80.7 Å². The van der Waals surface area contributed by atoms with E-state index >= 15 is 0 Å². The lowest BCUT2D eigenvalue weighted by atomic mass is 9.99. The van der Waals surface area contributed by atoms with Crippen molar-refractivity contribution in [2.24, 2.45) is 0 Å². The fraction of sp³-hybridized carbons (Fsp3) is 0.857. The van der Waals surface area contributed by atoms with Crippen molar-refractivity contribution in [2.75, 3.05) is 72.2 Å². The van der Waals surface area contributed by atoms with Gasteiger partial charge in [0.25, 0.3) is 0 Å². The van der Waals surface area contributed by atoms with E-state index in [1.807, 2.05) is 0 Å². The van der Waals surface area contributed by atoms with Gasteiger partial charge in [0, 0.05) is 26.2 Å². The van der Waals surface area contributed by atoms with Crippen LogP contribution in [-0.2, 0) is 33.3 Å². The van der Waals surface area contributed by atoms with E-state index in [2.05, 4.69) is 21.3 Å². The maximum Gasteiger partial charge on any atom is 0.404 e. The molecule has 2 aliphatic rings. The highest BCUT2D eigenvalue weighted by atomic mass is 16.7. The second-order valence-electron chi connectivity index (χ2n) is 11.6. The summed E-state index contributed by atoms with van der Waals surface area (Å²) in [5, 5.41) is 96.7. The smallest absolute Gasteiger partial charge is 0.404 e. The van der Waals surface area contributed by atoms with Gasteiger partial charge in [-0.25, -0.2) is 4.79 Å². The molecule has 0 radical (unpaired) electrons. The molecule has 22 nitrogen and oxygen atoms in total. The minimum atomic E-state index is -1.64. The minimum Gasteiger partial charge on any atom is -0.465 e. The van der Waals surface area contributed by atoms with Crippen LogP contribution < -0.4 is 21.3 Å². The summed E-state index contributed by atoms with van der Waals surface area (Å²) in [7, 11) is 0. The van der Waals surface area contributed by atoms with E-state index in [1.54, 1.807) is 0 Å². The summed E-state index contributed by atoms with van der Waals surface area (Å²) in [6, 6.07) is 0. The molecule has 0 aromatic heterocycles. The first-order valence-electron chi connectivity index (χ1n) is 16.1. The van der Waals surface area contributed by atoms with E-state index in [1.165, 1.54) is 4.90 Å². The molecule has 290 valence electrons. The van der Waals surface area contributed by atoms with Crippen LogP contribution in [0.4, 0.5) is 4.79 Å². The number of ether oxygens (including phenoxy) is 4. The molecule has 0 bridgehead atoms. The summed E-state index contributed by atoms with van der Waals surface area (Å²) in [5.41, 5.74) is 0. The van der Waals surface area contributed by atoms with E-state index in [-0.39, 0.29) is 45.9 Å².